The van der Waals surface area contributed by atoms with E-state index in [-0.39, 0.29) is 25.4 Å². The Morgan fingerprint density at radius 1 is 1.83 bits per heavy atom. The van der Waals surface area contributed by atoms with Crippen molar-refractivity contribution < 1.29 is 28.9 Å². The van der Waals surface area contributed by atoms with Crippen molar-refractivity contribution in [3.63, 3.8) is 0 Å². The summed E-state index contributed by atoms with van der Waals surface area (Å²) in [7, 11) is 1.35. The molecule has 0 saturated carbocycles. The molecule has 0 aromatic heterocycles. The van der Waals surface area contributed by atoms with Crippen LogP contribution in [-0.2, 0) is 28.9 Å². The van der Waals surface area contributed by atoms with E-state index in [1.54, 1.807) is 0 Å². The van der Waals surface area contributed by atoms with E-state index in [0.717, 1.165) is 0 Å². The smallest absolute Gasteiger partial charge is 0.325 e. The molecule has 0 aromatic carbocycles. The second-order valence-electron chi connectivity index (χ2n) is 0.696. The van der Waals surface area contributed by atoms with Gasteiger partial charge in [-0.05, 0) is 0 Å². The molecule has 0 atom stereocenters. The molecule has 2 nitrogen and oxygen atoms in total. The van der Waals surface area contributed by atoms with Gasteiger partial charge < -0.3 is 4.65 Å². The molecule has 0 aliphatic carbocycles. The standard InChI is InChI=1S/C2H5BO2.Zn/c1-2(4)5-3;/h3H2,1H3;. The summed E-state index contributed by atoms with van der Waals surface area (Å²) >= 11 is 0. The van der Waals surface area contributed by atoms with E-state index >= 15 is 0 Å². The van der Waals surface area contributed by atoms with Crippen LogP contribution in [0.5, 0.6) is 0 Å². The average molecular weight is 137 g/mol. The summed E-state index contributed by atoms with van der Waals surface area (Å²) in [5.41, 5.74) is 0. The van der Waals surface area contributed by atoms with Crippen LogP contribution in [0.25, 0.3) is 0 Å². The third-order valence-electron chi connectivity index (χ3n) is 0.287. The summed E-state index contributed by atoms with van der Waals surface area (Å²) in [6.07, 6.45) is 0. The Kier molecular flexibility index (Phi) is 8.15. The van der Waals surface area contributed by atoms with Crippen molar-refractivity contribution in [2.75, 3.05) is 0 Å². The average Bonchev–Trinajstić information content (AvgIpc) is 1.38. The van der Waals surface area contributed by atoms with Crippen molar-refractivity contribution in [3.05, 3.63) is 0 Å². The molecule has 0 fully saturated rings. The molecule has 0 radical (unpaired) electrons. The van der Waals surface area contributed by atoms with Gasteiger partial charge in [-0.3, -0.25) is 4.79 Å². The van der Waals surface area contributed by atoms with E-state index in [9.17, 15) is 4.79 Å². The van der Waals surface area contributed by atoms with Gasteiger partial charge in [-0.15, -0.1) is 0 Å². The maximum Gasteiger partial charge on any atom is 0.325 e. The van der Waals surface area contributed by atoms with Crippen molar-refractivity contribution in [1.82, 2.24) is 0 Å². The fourth-order valence-corrected chi connectivity index (χ4v) is 0. The Morgan fingerprint density at radius 3 is 2.00 bits per heavy atom. The zero-order valence-corrected chi connectivity index (χ0v) is 6.99. The molecule has 0 bridgehead atoms. The van der Waals surface area contributed by atoms with Gasteiger partial charge in [0.1, 0.15) is 0 Å². The van der Waals surface area contributed by atoms with Crippen molar-refractivity contribution in [2.24, 2.45) is 0 Å². The minimum atomic E-state index is -0.245. The van der Waals surface area contributed by atoms with E-state index in [0.29, 0.717) is 0 Å². The van der Waals surface area contributed by atoms with E-state index in [4.69, 9.17) is 0 Å². The number of carbonyl (C=O) groups excluding carboxylic acids is 1. The summed E-state index contributed by atoms with van der Waals surface area (Å²) in [6.45, 7) is 1.36. The molecule has 0 heterocycles. The van der Waals surface area contributed by atoms with Gasteiger partial charge in [-0.2, -0.15) is 0 Å². The molecular weight excluding hydrogens is 132 g/mol. The Morgan fingerprint density at radius 2 is 2.00 bits per heavy atom. The minimum absolute atomic E-state index is 0. The second-order valence-corrected chi connectivity index (χ2v) is 0.696. The molecule has 4 heteroatoms. The van der Waals surface area contributed by atoms with Crippen LogP contribution in [0.1, 0.15) is 6.92 Å². The van der Waals surface area contributed by atoms with Gasteiger partial charge in [-0.1, -0.05) is 0 Å². The molecule has 0 aromatic rings. The largest absolute Gasteiger partial charge is 0.544 e. The van der Waals surface area contributed by atoms with Crippen LogP contribution in [0.4, 0.5) is 0 Å². The van der Waals surface area contributed by atoms with Gasteiger partial charge >= 0.3 is 8.05 Å². The molecule has 30 valence electrons. The molecule has 0 aliphatic heterocycles. The fourth-order valence-electron chi connectivity index (χ4n) is 0. The van der Waals surface area contributed by atoms with Gasteiger partial charge in [0.15, 0.2) is 0 Å². The van der Waals surface area contributed by atoms with Gasteiger partial charge in [0.25, 0.3) is 5.97 Å². The van der Waals surface area contributed by atoms with Crippen LogP contribution in [0, 0.1) is 0 Å². The third-order valence-corrected chi connectivity index (χ3v) is 0.287. The molecule has 0 aliphatic rings. The van der Waals surface area contributed by atoms with Crippen LogP contribution in [0.2, 0.25) is 0 Å². The number of hydrogen-bond acceptors (Lipinski definition) is 2. The molecule has 0 spiro atoms. The van der Waals surface area contributed by atoms with Crippen LogP contribution in [-0.4, -0.2) is 14.0 Å². The van der Waals surface area contributed by atoms with Crippen LogP contribution < -0.4 is 0 Å². The number of hydrogen-bond donors (Lipinski definition) is 0. The Labute approximate surface area is 50.4 Å². The number of carbonyl (C=O) groups is 1. The summed E-state index contributed by atoms with van der Waals surface area (Å²) < 4.78 is 4.11. The van der Waals surface area contributed by atoms with Crippen molar-refractivity contribution in [2.45, 2.75) is 6.92 Å². The second kappa shape index (κ2) is 5.16. The Hall–Kier alpha value is 0.158. The van der Waals surface area contributed by atoms with E-state index in [1.165, 1.54) is 15.0 Å². The molecule has 0 rings (SSSR count). The minimum Gasteiger partial charge on any atom is -0.544 e. The topological polar surface area (TPSA) is 26.3 Å². The molecule has 0 saturated heterocycles. The summed E-state index contributed by atoms with van der Waals surface area (Å²) in [5.74, 6) is -0.245. The first-order valence-corrected chi connectivity index (χ1v) is 1.32. The first-order valence-electron chi connectivity index (χ1n) is 1.32. The third kappa shape index (κ3) is 8.90. The SMILES string of the molecule is BOC(C)=O.[Zn]. The van der Waals surface area contributed by atoms with Crippen LogP contribution in [0.15, 0.2) is 0 Å². The van der Waals surface area contributed by atoms with Crippen LogP contribution in [0.3, 0.4) is 0 Å². The quantitative estimate of drug-likeness (QED) is 0.404. The summed E-state index contributed by atoms with van der Waals surface area (Å²) in [6, 6.07) is 0. The summed E-state index contributed by atoms with van der Waals surface area (Å²) in [4.78, 5) is 9.59. The molecule has 0 amide bonds. The first kappa shape index (κ1) is 9.48. The summed E-state index contributed by atoms with van der Waals surface area (Å²) in [5, 5.41) is 0. The Bertz CT molecular complexity index is 46.8. The maximum atomic E-state index is 9.59. The predicted molar refractivity (Wildman–Crippen MR) is 20.3 cm³/mol. The van der Waals surface area contributed by atoms with Crippen molar-refractivity contribution >= 4 is 14.0 Å². The van der Waals surface area contributed by atoms with Gasteiger partial charge in [0.05, 0.1) is 0 Å². The van der Waals surface area contributed by atoms with E-state index in [2.05, 4.69) is 4.65 Å². The zero-order valence-electron chi connectivity index (χ0n) is 4.02. The van der Waals surface area contributed by atoms with Gasteiger partial charge in [0, 0.05) is 26.4 Å². The van der Waals surface area contributed by atoms with Gasteiger partial charge in [-0.25, -0.2) is 0 Å². The maximum absolute atomic E-state index is 9.59. The molecule has 6 heavy (non-hydrogen) atoms. The van der Waals surface area contributed by atoms with Crippen LogP contribution >= 0.6 is 0 Å². The van der Waals surface area contributed by atoms with E-state index in [1.807, 2.05) is 0 Å². The normalized spacial score (nSPS) is 5.50. The Balaban J connectivity index is 0. The zero-order chi connectivity index (χ0) is 4.28. The van der Waals surface area contributed by atoms with Gasteiger partial charge in [0.2, 0.25) is 0 Å². The fraction of sp³-hybridized carbons (Fsp3) is 0.500. The predicted octanol–water partition coefficient (Wildman–Crippen LogP) is -0.905. The van der Waals surface area contributed by atoms with E-state index < -0.39 is 0 Å². The monoisotopic (exact) mass is 136 g/mol. The molecule has 0 N–H and O–H groups in total. The number of rotatable bonds is 0. The molecular formula is C2H5BO2Zn. The molecule has 0 unspecified atom stereocenters. The van der Waals surface area contributed by atoms with Crippen molar-refractivity contribution in [1.29, 1.82) is 0 Å². The first-order chi connectivity index (χ1) is 2.27. The van der Waals surface area contributed by atoms with Crippen molar-refractivity contribution in [3.8, 4) is 0 Å².